The molecule has 0 rings (SSSR count). The highest BCUT2D eigenvalue weighted by Crippen LogP contribution is 2.06. The first-order valence-electron chi connectivity index (χ1n) is 5.01. The number of rotatable bonds is 9. The highest BCUT2D eigenvalue weighted by Gasteiger charge is 2.18. The second-order valence-electron chi connectivity index (χ2n) is 3.22. The number of hydrogen-bond acceptors (Lipinski definition) is 4. The van der Waals surface area contributed by atoms with E-state index in [-0.39, 0.29) is 6.61 Å². The van der Waals surface area contributed by atoms with Crippen LogP contribution in [0.4, 0.5) is 0 Å². The van der Waals surface area contributed by atoms with Gasteiger partial charge in [0.2, 0.25) is 0 Å². The molecule has 7 heteroatoms. The van der Waals surface area contributed by atoms with E-state index >= 15 is 0 Å². The van der Waals surface area contributed by atoms with Crippen LogP contribution in [0, 0.1) is 0 Å². The highest BCUT2D eigenvalue weighted by atomic mass is 33.2. The maximum absolute atomic E-state index is 10.7. The van der Waals surface area contributed by atoms with Crippen LogP contribution < -0.4 is 0 Å². The van der Waals surface area contributed by atoms with E-state index in [4.69, 9.17) is 4.55 Å². The zero-order chi connectivity index (χ0) is 11.7. The van der Waals surface area contributed by atoms with Gasteiger partial charge in [-0.15, -0.1) is 0 Å². The van der Waals surface area contributed by atoms with Crippen molar-refractivity contribution in [3.63, 3.8) is 0 Å². The minimum atomic E-state index is -4.27. The average molecular weight is 258 g/mol. The smallest absolute Gasteiger partial charge is 0.292 e. The molecule has 0 aliphatic heterocycles. The Bertz CT molecular complexity index is 273. The second kappa shape index (κ2) is 8.20. The van der Waals surface area contributed by atoms with E-state index in [0.29, 0.717) is 6.42 Å². The van der Waals surface area contributed by atoms with Crippen LogP contribution in [-0.4, -0.2) is 23.8 Å². The van der Waals surface area contributed by atoms with Crippen molar-refractivity contribution in [3.05, 3.63) is 0 Å². The van der Waals surface area contributed by atoms with Gasteiger partial charge in [-0.25, -0.2) is 4.21 Å². The maximum Gasteiger partial charge on any atom is 0.375 e. The van der Waals surface area contributed by atoms with Gasteiger partial charge in [0.15, 0.2) is 0 Å². The average Bonchev–Trinajstić information content (AvgIpc) is 2.16. The molecule has 0 aromatic rings. The molecule has 0 fully saturated rings. The number of unbranched alkanes of at least 4 members (excludes halogenated alkanes) is 5. The molecule has 0 saturated heterocycles. The van der Waals surface area contributed by atoms with Crippen molar-refractivity contribution >= 4 is 19.3 Å². The van der Waals surface area contributed by atoms with Gasteiger partial charge in [-0.2, -0.15) is 8.42 Å². The molecule has 0 bridgehead atoms. The largest absolute Gasteiger partial charge is 0.375 e. The standard InChI is InChI=1S/C8H18O5S2/c1-2-3-4-5-6-7-8-13-15(11,12)14(9)10/h2-8H2,1H3,(H,9,10). The Morgan fingerprint density at radius 3 is 2.20 bits per heavy atom. The van der Waals surface area contributed by atoms with Crippen LogP contribution in [0.5, 0.6) is 0 Å². The summed E-state index contributed by atoms with van der Waals surface area (Å²) in [4.78, 5) is 0. The molecule has 0 radical (unpaired) electrons. The Morgan fingerprint density at radius 2 is 1.67 bits per heavy atom. The molecular weight excluding hydrogens is 240 g/mol. The van der Waals surface area contributed by atoms with Crippen molar-refractivity contribution in [2.24, 2.45) is 0 Å². The summed E-state index contributed by atoms with van der Waals surface area (Å²) >= 11 is 0. The van der Waals surface area contributed by atoms with E-state index in [0.717, 1.165) is 25.7 Å². The lowest BCUT2D eigenvalue weighted by atomic mass is 10.1. The predicted octanol–water partition coefficient (Wildman–Crippen LogP) is 1.83. The first kappa shape index (κ1) is 15.0. The van der Waals surface area contributed by atoms with Crippen molar-refractivity contribution in [2.75, 3.05) is 6.61 Å². The van der Waals surface area contributed by atoms with Gasteiger partial charge >= 0.3 is 19.3 Å². The van der Waals surface area contributed by atoms with E-state index in [1.54, 1.807) is 0 Å². The molecule has 1 unspecified atom stereocenters. The van der Waals surface area contributed by atoms with E-state index in [9.17, 15) is 12.6 Å². The Kier molecular flexibility index (Phi) is 8.22. The molecule has 5 nitrogen and oxygen atoms in total. The third-order valence-corrected chi connectivity index (χ3v) is 4.04. The van der Waals surface area contributed by atoms with Gasteiger partial charge in [0.05, 0.1) is 6.61 Å². The summed E-state index contributed by atoms with van der Waals surface area (Å²) < 4.78 is 44.2. The minimum absolute atomic E-state index is 0.0131. The van der Waals surface area contributed by atoms with Crippen LogP contribution in [0.1, 0.15) is 45.4 Å². The minimum Gasteiger partial charge on any atom is -0.292 e. The second-order valence-corrected chi connectivity index (χ2v) is 6.78. The van der Waals surface area contributed by atoms with Gasteiger partial charge < -0.3 is 0 Å². The maximum atomic E-state index is 10.7. The van der Waals surface area contributed by atoms with Gasteiger partial charge in [0.25, 0.3) is 0 Å². The number of hydrogen-bond donors (Lipinski definition) is 1. The van der Waals surface area contributed by atoms with Crippen molar-refractivity contribution in [2.45, 2.75) is 45.4 Å². The normalized spacial score (nSPS) is 14.0. The molecule has 0 aromatic heterocycles. The van der Waals surface area contributed by atoms with E-state index in [1.165, 1.54) is 6.42 Å². The first-order valence-corrected chi connectivity index (χ1v) is 8.04. The Balaban J connectivity index is 3.43. The molecule has 0 amide bonds. The van der Waals surface area contributed by atoms with Crippen LogP contribution in [0.25, 0.3) is 0 Å². The lowest BCUT2D eigenvalue weighted by Gasteiger charge is -2.01. The van der Waals surface area contributed by atoms with Crippen LogP contribution in [0.15, 0.2) is 0 Å². The zero-order valence-electron chi connectivity index (χ0n) is 8.85. The molecular formula is C8H18O5S2. The fraction of sp³-hybridized carbons (Fsp3) is 1.00. The van der Waals surface area contributed by atoms with E-state index in [1.807, 2.05) is 0 Å². The fourth-order valence-electron chi connectivity index (χ4n) is 1.08. The van der Waals surface area contributed by atoms with Crippen LogP contribution >= 0.6 is 0 Å². The summed E-state index contributed by atoms with van der Waals surface area (Å²) in [5.41, 5.74) is 0. The monoisotopic (exact) mass is 258 g/mol. The summed E-state index contributed by atoms with van der Waals surface area (Å²) in [6, 6.07) is 0. The highest BCUT2D eigenvalue weighted by molar-refractivity contribution is 8.59. The van der Waals surface area contributed by atoms with Gasteiger partial charge in [-0.05, 0) is 6.42 Å². The Morgan fingerprint density at radius 1 is 1.13 bits per heavy atom. The van der Waals surface area contributed by atoms with Gasteiger partial charge in [0.1, 0.15) is 0 Å². The lowest BCUT2D eigenvalue weighted by Crippen LogP contribution is -2.12. The molecule has 0 heterocycles. The SMILES string of the molecule is CCCCCCCCOS(=O)(=O)S(=O)O. The third-order valence-electron chi connectivity index (χ3n) is 1.90. The van der Waals surface area contributed by atoms with E-state index in [2.05, 4.69) is 11.1 Å². The molecule has 0 aliphatic rings. The summed E-state index contributed by atoms with van der Waals surface area (Å²) in [6.07, 6.45) is 6.00. The van der Waals surface area contributed by atoms with Crippen LogP contribution in [0.3, 0.4) is 0 Å². The Labute approximate surface area is 93.0 Å². The summed E-state index contributed by atoms with van der Waals surface area (Å²) in [7, 11) is -7.20. The molecule has 0 aromatic carbocycles. The summed E-state index contributed by atoms with van der Waals surface area (Å²) in [5, 5.41) is 0. The quantitative estimate of drug-likeness (QED) is 0.387. The summed E-state index contributed by atoms with van der Waals surface area (Å²) in [5.74, 6) is 0. The topological polar surface area (TPSA) is 80.7 Å². The lowest BCUT2D eigenvalue weighted by molar-refractivity contribution is 0.313. The molecule has 0 saturated carbocycles. The molecule has 0 aliphatic carbocycles. The summed E-state index contributed by atoms with van der Waals surface area (Å²) in [6.45, 7) is 2.10. The fourth-order valence-corrected chi connectivity index (χ4v) is 1.94. The molecule has 15 heavy (non-hydrogen) atoms. The van der Waals surface area contributed by atoms with Gasteiger partial charge in [-0.1, -0.05) is 39.0 Å². The van der Waals surface area contributed by atoms with Crippen molar-refractivity contribution in [1.29, 1.82) is 0 Å². The molecule has 0 spiro atoms. The third kappa shape index (κ3) is 7.89. The van der Waals surface area contributed by atoms with Gasteiger partial charge in [-0.3, -0.25) is 8.74 Å². The van der Waals surface area contributed by atoms with Crippen LogP contribution in [0.2, 0.25) is 0 Å². The first-order chi connectivity index (χ1) is 7.00. The molecule has 1 N–H and O–H groups in total. The van der Waals surface area contributed by atoms with Crippen LogP contribution in [-0.2, 0) is 23.4 Å². The molecule has 92 valence electrons. The van der Waals surface area contributed by atoms with Crippen molar-refractivity contribution in [1.82, 2.24) is 0 Å². The van der Waals surface area contributed by atoms with Crippen molar-refractivity contribution < 1.29 is 21.4 Å². The van der Waals surface area contributed by atoms with E-state index < -0.39 is 19.3 Å². The Hall–Kier alpha value is 0.0200. The predicted molar refractivity (Wildman–Crippen MR) is 59.0 cm³/mol. The zero-order valence-corrected chi connectivity index (χ0v) is 10.5. The molecule has 1 atom stereocenters. The van der Waals surface area contributed by atoms with Crippen molar-refractivity contribution in [3.8, 4) is 0 Å². The van der Waals surface area contributed by atoms with Gasteiger partial charge in [0, 0.05) is 0 Å².